The van der Waals surface area contributed by atoms with E-state index in [1.165, 1.54) is 4.21 Å². The molecule has 0 atom stereocenters. The van der Waals surface area contributed by atoms with Crippen molar-refractivity contribution in [2.24, 2.45) is 0 Å². The molecular weight excluding hydrogens is 188 g/mol. The Morgan fingerprint density at radius 2 is 2.25 bits per heavy atom. The Labute approximate surface area is 79.0 Å². The van der Waals surface area contributed by atoms with E-state index in [1.54, 1.807) is 29.2 Å². The van der Waals surface area contributed by atoms with Gasteiger partial charge in [-0.05, 0) is 23.1 Å². The molecule has 62 valence electrons. The second kappa shape index (κ2) is 2.99. The zero-order valence-corrected chi connectivity index (χ0v) is 8.21. The summed E-state index contributed by atoms with van der Waals surface area (Å²) in [6.07, 6.45) is 2.03. The van der Waals surface area contributed by atoms with Crippen LogP contribution in [0, 0.1) is 0 Å². The van der Waals surface area contributed by atoms with Gasteiger partial charge >= 0.3 is 0 Å². The summed E-state index contributed by atoms with van der Waals surface area (Å²) < 4.78 is 1.18. The third-order valence-corrected chi connectivity index (χ3v) is 3.91. The maximum Gasteiger partial charge on any atom is 0.125 e. The van der Waals surface area contributed by atoms with Crippen molar-refractivity contribution >= 4 is 33.9 Å². The average molecular weight is 196 g/mol. The smallest absolute Gasteiger partial charge is 0.125 e. The van der Waals surface area contributed by atoms with E-state index in [-0.39, 0.29) is 0 Å². The summed E-state index contributed by atoms with van der Waals surface area (Å²) in [7, 11) is 0. The first-order chi connectivity index (χ1) is 5.83. The van der Waals surface area contributed by atoms with Crippen molar-refractivity contribution in [2.75, 3.05) is 6.26 Å². The Morgan fingerprint density at radius 3 is 3.00 bits per heavy atom. The van der Waals surface area contributed by atoms with Crippen molar-refractivity contribution in [3.05, 3.63) is 23.6 Å². The van der Waals surface area contributed by atoms with Gasteiger partial charge in [0.1, 0.15) is 5.75 Å². The third kappa shape index (κ3) is 1.09. The molecule has 12 heavy (non-hydrogen) atoms. The second-order valence-corrected chi connectivity index (χ2v) is 4.42. The summed E-state index contributed by atoms with van der Waals surface area (Å²) in [6.45, 7) is 0. The molecule has 0 aliphatic heterocycles. The minimum Gasteiger partial charge on any atom is -0.507 e. The van der Waals surface area contributed by atoms with E-state index in [0.717, 1.165) is 10.8 Å². The number of rotatable bonds is 1. The molecule has 0 saturated carbocycles. The summed E-state index contributed by atoms with van der Waals surface area (Å²) in [5.41, 5.74) is 0. The van der Waals surface area contributed by atoms with Crippen LogP contribution in [0.5, 0.6) is 5.75 Å². The van der Waals surface area contributed by atoms with Crippen LogP contribution in [0.25, 0.3) is 10.8 Å². The number of hydrogen-bond donors (Lipinski definition) is 1. The van der Waals surface area contributed by atoms with Crippen LogP contribution in [0.1, 0.15) is 0 Å². The van der Waals surface area contributed by atoms with Gasteiger partial charge in [0.2, 0.25) is 0 Å². The fourth-order valence-corrected chi connectivity index (χ4v) is 2.93. The lowest BCUT2D eigenvalue weighted by molar-refractivity contribution is 0.481. The molecule has 1 aromatic heterocycles. The molecular formula is C9H8OS2. The van der Waals surface area contributed by atoms with Gasteiger partial charge in [0, 0.05) is 5.39 Å². The zero-order chi connectivity index (χ0) is 8.55. The number of aromatic hydroxyl groups is 1. The third-order valence-electron chi connectivity index (χ3n) is 1.76. The minimum atomic E-state index is 0.387. The van der Waals surface area contributed by atoms with Gasteiger partial charge in [-0.15, -0.1) is 23.1 Å². The molecule has 0 aliphatic carbocycles. The number of benzene rings is 1. The van der Waals surface area contributed by atoms with Crippen molar-refractivity contribution in [1.29, 1.82) is 0 Å². The first-order valence-corrected chi connectivity index (χ1v) is 5.66. The quantitative estimate of drug-likeness (QED) is 0.706. The van der Waals surface area contributed by atoms with Crippen LogP contribution >= 0.6 is 23.1 Å². The summed E-state index contributed by atoms with van der Waals surface area (Å²) in [5, 5.41) is 13.8. The molecule has 0 spiro atoms. The Balaban J connectivity index is 2.83. The van der Waals surface area contributed by atoms with Gasteiger partial charge < -0.3 is 5.11 Å². The molecule has 3 heteroatoms. The zero-order valence-electron chi connectivity index (χ0n) is 6.57. The summed E-state index contributed by atoms with van der Waals surface area (Å²) in [5.74, 6) is 0.387. The molecule has 0 radical (unpaired) electrons. The van der Waals surface area contributed by atoms with E-state index in [0.29, 0.717) is 5.75 Å². The van der Waals surface area contributed by atoms with Crippen LogP contribution in [0.15, 0.2) is 27.8 Å². The minimum absolute atomic E-state index is 0.387. The molecule has 2 aromatic rings. The molecule has 0 saturated heterocycles. The number of thiophene rings is 1. The molecule has 0 bridgehead atoms. The Bertz CT molecular complexity index is 406. The molecule has 1 nitrogen and oxygen atoms in total. The van der Waals surface area contributed by atoms with E-state index in [4.69, 9.17) is 0 Å². The monoisotopic (exact) mass is 196 g/mol. The van der Waals surface area contributed by atoms with Gasteiger partial charge in [0.05, 0.1) is 4.21 Å². The predicted molar refractivity (Wildman–Crippen MR) is 55.3 cm³/mol. The van der Waals surface area contributed by atoms with Crippen molar-refractivity contribution in [1.82, 2.24) is 0 Å². The van der Waals surface area contributed by atoms with Gasteiger partial charge in [0.15, 0.2) is 0 Å². The van der Waals surface area contributed by atoms with Gasteiger partial charge in [-0.3, -0.25) is 0 Å². The number of thioether (sulfide) groups is 1. The van der Waals surface area contributed by atoms with Gasteiger partial charge in [-0.25, -0.2) is 0 Å². The van der Waals surface area contributed by atoms with Crippen LogP contribution in [-0.2, 0) is 0 Å². The fraction of sp³-hybridized carbons (Fsp3) is 0.111. The van der Waals surface area contributed by atoms with E-state index >= 15 is 0 Å². The molecule has 0 unspecified atom stereocenters. The number of hydrogen-bond acceptors (Lipinski definition) is 3. The van der Waals surface area contributed by atoms with Crippen LogP contribution in [0.3, 0.4) is 0 Å². The fourth-order valence-electron chi connectivity index (χ4n) is 1.20. The maximum atomic E-state index is 9.57. The van der Waals surface area contributed by atoms with E-state index < -0.39 is 0 Å². The van der Waals surface area contributed by atoms with Gasteiger partial charge in [-0.1, -0.05) is 12.1 Å². The average Bonchev–Trinajstić information content (AvgIpc) is 2.49. The highest BCUT2D eigenvalue weighted by molar-refractivity contribution is 8.00. The SMILES string of the molecule is CSc1scc2cccc(O)c12. The van der Waals surface area contributed by atoms with Crippen molar-refractivity contribution in [3.63, 3.8) is 0 Å². The maximum absolute atomic E-state index is 9.57. The lowest BCUT2D eigenvalue weighted by Crippen LogP contribution is -1.68. The largest absolute Gasteiger partial charge is 0.507 e. The lowest BCUT2D eigenvalue weighted by Gasteiger charge is -1.96. The Hall–Kier alpha value is -0.670. The summed E-state index contributed by atoms with van der Waals surface area (Å²) >= 11 is 3.36. The molecule has 0 amide bonds. The first kappa shape index (κ1) is 7.95. The molecule has 0 fully saturated rings. The number of phenols is 1. The molecule has 1 N–H and O–H groups in total. The molecule has 1 heterocycles. The highest BCUT2D eigenvalue weighted by Gasteiger charge is 2.06. The van der Waals surface area contributed by atoms with E-state index in [1.807, 2.05) is 18.4 Å². The topological polar surface area (TPSA) is 20.2 Å². The Morgan fingerprint density at radius 1 is 1.42 bits per heavy atom. The van der Waals surface area contributed by atoms with Crippen molar-refractivity contribution in [2.45, 2.75) is 4.21 Å². The highest BCUT2D eigenvalue weighted by Crippen LogP contribution is 2.37. The first-order valence-electron chi connectivity index (χ1n) is 3.56. The summed E-state index contributed by atoms with van der Waals surface area (Å²) in [6, 6.07) is 5.62. The van der Waals surface area contributed by atoms with Crippen molar-refractivity contribution < 1.29 is 5.11 Å². The van der Waals surface area contributed by atoms with E-state index in [2.05, 4.69) is 5.38 Å². The van der Waals surface area contributed by atoms with Gasteiger partial charge in [0.25, 0.3) is 0 Å². The number of fused-ring (bicyclic) bond motifs is 1. The van der Waals surface area contributed by atoms with Crippen molar-refractivity contribution in [3.8, 4) is 5.75 Å². The standard InChI is InChI=1S/C9H8OS2/c1-11-9-8-6(5-12-9)3-2-4-7(8)10/h2-5,10H,1H3. The Kier molecular flexibility index (Phi) is 1.98. The number of phenolic OH excluding ortho intramolecular Hbond substituents is 1. The van der Waals surface area contributed by atoms with Crippen LogP contribution in [0.2, 0.25) is 0 Å². The van der Waals surface area contributed by atoms with Crippen LogP contribution in [0.4, 0.5) is 0 Å². The molecule has 1 aromatic carbocycles. The van der Waals surface area contributed by atoms with Gasteiger partial charge in [-0.2, -0.15) is 0 Å². The second-order valence-electron chi connectivity index (χ2n) is 2.47. The predicted octanol–water partition coefficient (Wildman–Crippen LogP) is 3.33. The normalized spacial score (nSPS) is 10.8. The van der Waals surface area contributed by atoms with Crippen LogP contribution < -0.4 is 0 Å². The highest BCUT2D eigenvalue weighted by atomic mass is 32.2. The molecule has 0 aliphatic rings. The summed E-state index contributed by atoms with van der Waals surface area (Å²) in [4.78, 5) is 0. The van der Waals surface area contributed by atoms with E-state index in [9.17, 15) is 5.11 Å². The lowest BCUT2D eigenvalue weighted by atomic mass is 10.2. The molecule has 2 rings (SSSR count). The van der Waals surface area contributed by atoms with Crippen LogP contribution in [-0.4, -0.2) is 11.4 Å².